The summed E-state index contributed by atoms with van der Waals surface area (Å²) in [6.07, 6.45) is 8.39. The van der Waals surface area contributed by atoms with E-state index in [2.05, 4.69) is 54.8 Å². The molecule has 0 aliphatic carbocycles. The van der Waals surface area contributed by atoms with E-state index in [9.17, 15) is 0 Å². The zero-order chi connectivity index (χ0) is 12.6. The van der Waals surface area contributed by atoms with Crippen molar-refractivity contribution in [3.8, 4) is 0 Å². The van der Waals surface area contributed by atoms with Gasteiger partial charge in [0, 0.05) is 0 Å². The molecule has 0 saturated heterocycles. The van der Waals surface area contributed by atoms with E-state index in [1.54, 1.807) is 0 Å². The smallest absolute Gasteiger partial charge is 0.0753 e. The fraction of sp³-hybridized carbons (Fsp3) is 0.375. The van der Waals surface area contributed by atoms with Gasteiger partial charge in [-0.2, -0.15) is 0 Å². The molecule has 0 bridgehead atoms. The molecule has 0 amide bonds. The maximum Gasteiger partial charge on any atom is 0.0753 e. The van der Waals surface area contributed by atoms with E-state index >= 15 is 0 Å². The van der Waals surface area contributed by atoms with Crippen LogP contribution in [0.2, 0.25) is 0 Å². The van der Waals surface area contributed by atoms with Gasteiger partial charge < -0.3 is 10.6 Å². The normalized spacial score (nSPS) is 30.3. The topological polar surface area (TPSA) is 24.1 Å². The summed E-state index contributed by atoms with van der Waals surface area (Å²) in [6, 6.07) is 9.05. The average Bonchev–Trinajstić information content (AvgIpc) is 2.41. The van der Waals surface area contributed by atoms with E-state index in [-0.39, 0.29) is 5.54 Å². The average molecular weight is 239 g/mol. The first-order chi connectivity index (χ1) is 8.72. The molecule has 2 aliphatic heterocycles. The summed E-state index contributed by atoms with van der Waals surface area (Å²) < 4.78 is 0. The van der Waals surface area contributed by atoms with Gasteiger partial charge in [-0.05, 0) is 61.9 Å². The van der Waals surface area contributed by atoms with Crippen LogP contribution in [-0.4, -0.2) is 12.1 Å². The van der Waals surface area contributed by atoms with Crippen molar-refractivity contribution >= 4 is 0 Å². The van der Waals surface area contributed by atoms with Gasteiger partial charge in [0.25, 0.3) is 0 Å². The lowest BCUT2D eigenvalue weighted by Crippen LogP contribution is -2.54. The Balaban J connectivity index is 2.04. The second-order valence-corrected chi connectivity index (χ2v) is 5.29. The van der Waals surface area contributed by atoms with Crippen molar-refractivity contribution in [1.29, 1.82) is 0 Å². The first kappa shape index (κ1) is 11.5. The summed E-state index contributed by atoms with van der Waals surface area (Å²) in [7, 11) is 0. The van der Waals surface area contributed by atoms with Crippen molar-refractivity contribution in [1.82, 2.24) is 10.6 Å². The van der Waals surface area contributed by atoms with E-state index in [0.29, 0.717) is 6.04 Å². The molecule has 18 heavy (non-hydrogen) atoms. The maximum atomic E-state index is 3.66. The molecule has 2 aliphatic rings. The van der Waals surface area contributed by atoms with Crippen LogP contribution in [0.5, 0.6) is 0 Å². The van der Waals surface area contributed by atoms with Crippen LogP contribution in [0, 0.1) is 6.08 Å². The maximum absolute atomic E-state index is 3.66. The molecule has 0 saturated carbocycles. The SMILES string of the molecule is CC1=[C]C=CNC1(C)C1NCCc2ccccc21. The molecule has 2 atom stereocenters. The zero-order valence-electron chi connectivity index (χ0n) is 11.0. The van der Waals surface area contributed by atoms with Gasteiger partial charge >= 0.3 is 0 Å². The van der Waals surface area contributed by atoms with Crippen LogP contribution in [0.1, 0.15) is 31.0 Å². The van der Waals surface area contributed by atoms with E-state index < -0.39 is 0 Å². The molecule has 2 heterocycles. The molecule has 2 unspecified atom stereocenters. The van der Waals surface area contributed by atoms with Gasteiger partial charge in [0.15, 0.2) is 0 Å². The van der Waals surface area contributed by atoms with Gasteiger partial charge in [-0.3, -0.25) is 0 Å². The Morgan fingerprint density at radius 3 is 3.00 bits per heavy atom. The van der Waals surface area contributed by atoms with Gasteiger partial charge in [-0.15, -0.1) is 0 Å². The van der Waals surface area contributed by atoms with E-state index in [4.69, 9.17) is 0 Å². The number of nitrogens with one attached hydrogen (secondary N) is 2. The third kappa shape index (κ3) is 1.68. The fourth-order valence-corrected chi connectivity index (χ4v) is 2.96. The molecule has 3 rings (SSSR count). The van der Waals surface area contributed by atoms with Crippen molar-refractivity contribution in [2.45, 2.75) is 31.8 Å². The highest BCUT2D eigenvalue weighted by molar-refractivity contribution is 5.39. The molecule has 2 nitrogen and oxygen atoms in total. The Hall–Kier alpha value is -1.54. The minimum Gasteiger partial charge on any atom is -0.380 e. The zero-order valence-corrected chi connectivity index (χ0v) is 11.0. The number of hydrogen-bond donors (Lipinski definition) is 2. The molecular formula is C16H19N2. The fourth-order valence-electron chi connectivity index (χ4n) is 2.96. The minimum atomic E-state index is -0.0920. The van der Waals surface area contributed by atoms with Crippen LogP contribution in [0.15, 0.2) is 42.1 Å². The van der Waals surface area contributed by atoms with Crippen molar-refractivity contribution in [3.05, 3.63) is 59.3 Å². The Morgan fingerprint density at radius 2 is 2.17 bits per heavy atom. The predicted molar refractivity (Wildman–Crippen MR) is 74.0 cm³/mol. The van der Waals surface area contributed by atoms with E-state index in [0.717, 1.165) is 13.0 Å². The summed E-state index contributed by atoms with van der Waals surface area (Å²) in [5.74, 6) is 0. The van der Waals surface area contributed by atoms with Crippen LogP contribution >= 0.6 is 0 Å². The van der Waals surface area contributed by atoms with Crippen LogP contribution < -0.4 is 10.6 Å². The Labute approximate surface area is 109 Å². The number of rotatable bonds is 1. The lowest BCUT2D eigenvalue weighted by atomic mass is 9.77. The first-order valence-corrected chi connectivity index (χ1v) is 6.56. The molecule has 0 fully saturated rings. The lowest BCUT2D eigenvalue weighted by Gasteiger charge is -2.43. The summed E-state index contributed by atoms with van der Waals surface area (Å²) in [5.41, 5.74) is 4.03. The molecule has 0 aromatic heterocycles. The number of fused-ring (bicyclic) bond motifs is 1. The van der Waals surface area contributed by atoms with Crippen molar-refractivity contribution in [2.24, 2.45) is 0 Å². The lowest BCUT2D eigenvalue weighted by molar-refractivity contribution is 0.313. The predicted octanol–water partition coefficient (Wildman–Crippen LogP) is 2.50. The quantitative estimate of drug-likeness (QED) is 0.787. The van der Waals surface area contributed by atoms with Gasteiger partial charge in [0.1, 0.15) is 0 Å². The molecule has 93 valence electrons. The summed E-state index contributed by atoms with van der Waals surface area (Å²) in [6.45, 7) is 5.43. The third-order valence-electron chi connectivity index (χ3n) is 4.23. The molecule has 2 N–H and O–H groups in total. The standard InChI is InChI=1S/C16H19N2/c1-12-6-5-10-18-16(12,2)15-14-8-4-3-7-13(14)9-11-17-15/h3-5,7-8,10,15,17-18H,9,11H2,1-2H3. The van der Waals surface area contributed by atoms with Gasteiger partial charge in [0.2, 0.25) is 0 Å². The van der Waals surface area contributed by atoms with Gasteiger partial charge in [-0.25, -0.2) is 0 Å². The second-order valence-electron chi connectivity index (χ2n) is 5.29. The van der Waals surface area contributed by atoms with Crippen molar-refractivity contribution < 1.29 is 0 Å². The highest BCUT2D eigenvalue weighted by Crippen LogP contribution is 2.36. The van der Waals surface area contributed by atoms with Crippen LogP contribution in [0.25, 0.3) is 0 Å². The van der Waals surface area contributed by atoms with Crippen molar-refractivity contribution in [3.63, 3.8) is 0 Å². The summed E-state index contributed by atoms with van der Waals surface area (Å²) in [4.78, 5) is 0. The first-order valence-electron chi connectivity index (χ1n) is 6.56. The molecule has 0 spiro atoms. The highest BCUT2D eigenvalue weighted by Gasteiger charge is 2.38. The van der Waals surface area contributed by atoms with Gasteiger partial charge in [-0.1, -0.05) is 24.3 Å². The molecular weight excluding hydrogens is 220 g/mol. The number of dihydropyridines is 1. The summed E-state index contributed by atoms with van der Waals surface area (Å²) >= 11 is 0. The van der Waals surface area contributed by atoms with Crippen LogP contribution in [0.3, 0.4) is 0 Å². The minimum absolute atomic E-state index is 0.0920. The van der Waals surface area contributed by atoms with Crippen LogP contribution in [0.4, 0.5) is 0 Å². The third-order valence-corrected chi connectivity index (χ3v) is 4.23. The summed E-state index contributed by atoms with van der Waals surface area (Å²) in [5, 5.41) is 7.17. The van der Waals surface area contributed by atoms with Crippen molar-refractivity contribution in [2.75, 3.05) is 6.54 Å². The number of hydrogen-bond acceptors (Lipinski definition) is 2. The number of allylic oxidation sites excluding steroid dienone is 2. The molecule has 1 radical (unpaired) electrons. The molecule has 1 aromatic carbocycles. The highest BCUT2D eigenvalue weighted by atomic mass is 15.1. The molecule has 1 aromatic rings. The second kappa shape index (κ2) is 4.29. The van der Waals surface area contributed by atoms with Crippen LogP contribution in [-0.2, 0) is 6.42 Å². The Bertz CT molecular complexity index is 516. The largest absolute Gasteiger partial charge is 0.380 e. The molecule has 2 heteroatoms. The van der Waals surface area contributed by atoms with Gasteiger partial charge in [0.05, 0.1) is 11.6 Å². The Kier molecular flexibility index (Phi) is 2.75. The van der Waals surface area contributed by atoms with E-state index in [1.807, 2.05) is 12.3 Å². The number of benzene rings is 1. The monoisotopic (exact) mass is 239 g/mol. The van der Waals surface area contributed by atoms with E-state index in [1.165, 1.54) is 16.7 Å². The Morgan fingerprint density at radius 1 is 1.33 bits per heavy atom.